The van der Waals surface area contributed by atoms with Crippen LogP contribution in [0.15, 0.2) is 48.5 Å². The molecule has 0 heterocycles. The summed E-state index contributed by atoms with van der Waals surface area (Å²) in [4.78, 5) is 32.0. The Balaban J connectivity index is 2.08. The summed E-state index contributed by atoms with van der Waals surface area (Å²) in [5.41, 5.74) is 1.58. The number of benzene rings is 2. The molecule has 0 spiro atoms. The van der Waals surface area contributed by atoms with Gasteiger partial charge in [0.05, 0.1) is 0 Å². The molecule has 0 saturated heterocycles. The number of unbranched alkanes of at least 4 members (excludes halogenated alkanes) is 20. The quantitative estimate of drug-likeness (QED) is 0.0522. The van der Waals surface area contributed by atoms with Gasteiger partial charge in [-0.2, -0.15) is 0 Å². The molecule has 0 N–H and O–H groups in total. The zero-order valence-corrected chi connectivity index (χ0v) is 40.5. The lowest BCUT2D eigenvalue weighted by molar-refractivity contribution is 0.0741. The van der Waals surface area contributed by atoms with Crippen molar-refractivity contribution < 1.29 is 13.7 Å². The average Bonchev–Trinajstić information content (AvgIpc) is 3.20. The summed E-state index contributed by atoms with van der Waals surface area (Å²) in [7, 11) is -4.61. The van der Waals surface area contributed by atoms with E-state index in [0.717, 1.165) is 63.0 Å². The molecule has 2 aromatic carbocycles. The van der Waals surface area contributed by atoms with Crippen molar-refractivity contribution in [2.24, 2.45) is 0 Å². The van der Waals surface area contributed by atoms with Crippen LogP contribution in [0.2, 0.25) is 26.2 Å². The van der Waals surface area contributed by atoms with Crippen LogP contribution in [0.4, 0.5) is 0 Å². The van der Waals surface area contributed by atoms with Crippen molar-refractivity contribution in [1.29, 1.82) is 0 Å². The molecule has 0 saturated carbocycles. The van der Waals surface area contributed by atoms with Crippen LogP contribution in [0.1, 0.15) is 203 Å². The van der Waals surface area contributed by atoms with Crippen LogP contribution in [0.25, 0.3) is 0 Å². The topological polar surface area (TPSA) is 49.9 Å². The molecule has 2 rings (SSSR count). The summed E-state index contributed by atoms with van der Waals surface area (Å²) < 4.78 is 7.15. The number of hydrogen-bond donors (Lipinski definition) is 0. The summed E-state index contributed by atoms with van der Waals surface area (Å²) in [6, 6.07) is 16.8. The van der Waals surface area contributed by atoms with Gasteiger partial charge in [0.2, 0.25) is 16.6 Å². The molecule has 2 amide bonds. The highest BCUT2D eigenvalue weighted by Gasteiger charge is 2.36. The summed E-state index contributed by atoms with van der Waals surface area (Å²) in [5.74, 6) is 0.344. The van der Waals surface area contributed by atoms with Crippen molar-refractivity contribution in [2.75, 3.05) is 26.2 Å². The van der Waals surface area contributed by atoms with Crippen molar-refractivity contribution >= 4 is 38.8 Å². The molecule has 0 aliphatic heterocycles. The van der Waals surface area contributed by atoms with Gasteiger partial charge in [0.15, 0.2) is 0 Å². The Morgan fingerprint density at radius 2 is 0.614 bits per heavy atom. The van der Waals surface area contributed by atoms with Gasteiger partial charge in [0.1, 0.15) is 0 Å². The van der Waals surface area contributed by atoms with Gasteiger partial charge in [-0.1, -0.05) is 180 Å². The fourth-order valence-electron chi connectivity index (χ4n) is 8.11. The molecule has 5 nitrogen and oxygen atoms in total. The fourth-order valence-corrected chi connectivity index (χ4v) is 16.1. The third-order valence-electron chi connectivity index (χ3n) is 11.9. The van der Waals surface area contributed by atoms with Crippen molar-refractivity contribution in [3.05, 3.63) is 59.7 Å². The van der Waals surface area contributed by atoms with E-state index in [1.165, 1.54) is 139 Å². The summed E-state index contributed by atoms with van der Waals surface area (Å²) in [6.07, 6.45) is 29.7. The van der Waals surface area contributed by atoms with Crippen LogP contribution < -0.4 is 10.4 Å². The van der Waals surface area contributed by atoms with Crippen molar-refractivity contribution in [1.82, 2.24) is 9.80 Å². The predicted octanol–water partition coefficient (Wildman–Crippen LogP) is 13.6. The molecule has 0 aliphatic carbocycles. The zero-order chi connectivity index (χ0) is 41.8. The lowest BCUT2D eigenvalue weighted by atomic mass is 10.1. The van der Waals surface area contributed by atoms with Gasteiger partial charge in [-0.25, -0.2) is 0 Å². The summed E-state index contributed by atoms with van der Waals surface area (Å²) >= 11 is 0. The first-order valence-corrected chi connectivity index (χ1v) is 29.8. The molecule has 0 atom stereocenters. The largest absolute Gasteiger partial charge is 0.449 e. The third kappa shape index (κ3) is 20.5. The molecule has 0 aromatic heterocycles. The van der Waals surface area contributed by atoms with Gasteiger partial charge in [0, 0.05) is 37.3 Å². The molecule has 0 fully saturated rings. The monoisotopic (exact) mass is 821 g/mol. The van der Waals surface area contributed by atoms with E-state index in [1.807, 2.05) is 24.3 Å². The maximum Gasteiger partial charge on any atom is 0.253 e. The second-order valence-corrected chi connectivity index (χ2v) is 25.9. The van der Waals surface area contributed by atoms with Crippen LogP contribution >= 0.6 is 0 Å². The minimum Gasteiger partial charge on any atom is -0.449 e. The Labute approximate surface area is 354 Å². The number of amides is 2. The predicted molar refractivity (Wildman–Crippen MR) is 254 cm³/mol. The molecular weight excluding hydrogens is 733 g/mol. The van der Waals surface area contributed by atoms with E-state index in [1.54, 1.807) is 0 Å². The van der Waals surface area contributed by atoms with Gasteiger partial charge < -0.3 is 13.9 Å². The van der Waals surface area contributed by atoms with Gasteiger partial charge in [-0.15, -0.1) is 0 Å². The van der Waals surface area contributed by atoms with Crippen molar-refractivity contribution in [2.45, 2.75) is 208 Å². The Kier molecular flexibility index (Phi) is 26.7. The van der Waals surface area contributed by atoms with Crippen LogP contribution in [-0.4, -0.2) is 64.4 Å². The molecule has 0 bridgehead atoms. The van der Waals surface area contributed by atoms with E-state index >= 15 is 0 Å². The van der Waals surface area contributed by atoms with Gasteiger partial charge in [-0.3, -0.25) is 9.59 Å². The SMILES string of the molecule is CCCCCCCCN(CCCCCCCC)C(=O)c1ccc([Si](C)(C)O[Si](C)(C)c2ccc(C(=O)N(CCCCCCCC)CCCCCCCC)cc2)cc1. The molecule has 0 unspecified atom stereocenters. The molecule has 7 heteroatoms. The number of nitrogens with zero attached hydrogens (tertiary/aromatic N) is 2. The smallest absolute Gasteiger partial charge is 0.253 e. The van der Waals surface area contributed by atoms with E-state index in [0.29, 0.717) is 0 Å². The van der Waals surface area contributed by atoms with Crippen LogP contribution in [0.3, 0.4) is 0 Å². The van der Waals surface area contributed by atoms with Crippen LogP contribution in [0.5, 0.6) is 0 Å². The van der Waals surface area contributed by atoms with Crippen molar-refractivity contribution in [3.8, 4) is 0 Å². The van der Waals surface area contributed by atoms with Gasteiger partial charge in [-0.05, 0) is 86.5 Å². The second-order valence-electron chi connectivity index (χ2n) is 17.9. The highest BCUT2D eigenvalue weighted by Crippen LogP contribution is 2.19. The van der Waals surface area contributed by atoms with E-state index in [9.17, 15) is 9.59 Å². The van der Waals surface area contributed by atoms with Crippen molar-refractivity contribution in [3.63, 3.8) is 0 Å². The first-order valence-electron chi connectivity index (χ1n) is 24.0. The first-order chi connectivity index (χ1) is 27.5. The standard InChI is InChI=1S/C50H88N2O3Si2/c1-9-13-17-21-25-29-41-51(42-30-26-22-18-14-10-2)49(53)45-33-37-47(38-34-45)56(5,6)55-57(7,8)48-39-35-46(36-40-48)50(54)52(43-31-27-23-19-15-11-3)44-32-28-24-20-16-12-4/h33-40H,9-32,41-44H2,1-8H3. The summed E-state index contributed by atoms with van der Waals surface area (Å²) in [5, 5.41) is 2.43. The number of carbonyl (C=O) groups excluding carboxylic acids is 2. The third-order valence-corrected chi connectivity index (χ3v) is 19.4. The second kappa shape index (κ2) is 29.9. The Morgan fingerprint density at radius 3 is 0.860 bits per heavy atom. The molecule has 2 aromatic rings. The first kappa shape index (κ1) is 50.9. The number of carbonyl (C=O) groups is 2. The van der Waals surface area contributed by atoms with Crippen LogP contribution in [0, 0.1) is 0 Å². The maximum atomic E-state index is 13.9. The molecule has 0 aliphatic rings. The number of hydrogen-bond acceptors (Lipinski definition) is 3. The molecular formula is C50H88N2O3Si2. The van der Waals surface area contributed by atoms with Gasteiger partial charge >= 0.3 is 0 Å². The van der Waals surface area contributed by atoms with E-state index in [2.05, 4.69) is 87.9 Å². The highest BCUT2D eigenvalue weighted by molar-refractivity contribution is 6.96. The normalized spacial score (nSPS) is 11.9. The molecule has 0 radical (unpaired) electrons. The van der Waals surface area contributed by atoms with Gasteiger partial charge in [0.25, 0.3) is 11.8 Å². The average molecular weight is 821 g/mol. The minimum atomic E-state index is -2.30. The lowest BCUT2D eigenvalue weighted by Crippen LogP contribution is -2.57. The summed E-state index contributed by atoms with van der Waals surface area (Å²) in [6.45, 7) is 21.6. The molecule has 57 heavy (non-hydrogen) atoms. The number of rotatable bonds is 34. The maximum absolute atomic E-state index is 13.9. The minimum absolute atomic E-state index is 0.172. The van der Waals surface area contributed by atoms with E-state index in [-0.39, 0.29) is 11.8 Å². The zero-order valence-electron chi connectivity index (χ0n) is 38.5. The Morgan fingerprint density at radius 1 is 0.386 bits per heavy atom. The molecule has 324 valence electrons. The Hall–Kier alpha value is -2.23. The fraction of sp³-hybridized carbons (Fsp3) is 0.720. The lowest BCUT2D eigenvalue weighted by Gasteiger charge is -2.35. The highest BCUT2D eigenvalue weighted by atomic mass is 28.4. The Bertz CT molecular complexity index is 1190. The van der Waals surface area contributed by atoms with E-state index in [4.69, 9.17) is 4.12 Å². The van der Waals surface area contributed by atoms with Crippen LogP contribution in [-0.2, 0) is 4.12 Å². The van der Waals surface area contributed by atoms with E-state index < -0.39 is 16.6 Å².